The van der Waals surface area contributed by atoms with E-state index in [-0.39, 0.29) is 37.3 Å². The van der Waals surface area contributed by atoms with E-state index in [1.807, 2.05) is 13.8 Å². The first-order valence-electron chi connectivity index (χ1n) is 5.93. The van der Waals surface area contributed by atoms with Crippen LogP contribution < -0.4 is 0 Å². The first kappa shape index (κ1) is 14.6. The number of carboxylic acids is 1. The molecule has 1 fully saturated rings. The Hall–Kier alpha value is -1.43. The second-order valence-corrected chi connectivity index (χ2v) is 5.05. The van der Waals surface area contributed by atoms with E-state index in [9.17, 15) is 14.4 Å². The van der Waals surface area contributed by atoms with E-state index in [0.29, 0.717) is 0 Å². The van der Waals surface area contributed by atoms with E-state index in [1.165, 1.54) is 4.90 Å². The van der Waals surface area contributed by atoms with Crippen molar-refractivity contribution in [2.45, 2.75) is 27.2 Å². The number of ether oxygens (including phenoxy) is 1. The first-order chi connectivity index (χ1) is 8.29. The van der Waals surface area contributed by atoms with Crippen molar-refractivity contribution in [2.75, 3.05) is 19.8 Å². The van der Waals surface area contributed by atoms with E-state index < -0.39 is 18.0 Å². The summed E-state index contributed by atoms with van der Waals surface area (Å²) in [5.74, 6) is -1.39. The molecule has 0 radical (unpaired) electrons. The molecule has 1 aliphatic rings. The van der Waals surface area contributed by atoms with Crippen LogP contribution in [0.2, 0.25) is 0 Å². The van der Waals surface area contributed by atoms with Gasteiger partial charge < -0.3 is 9.84 Å². The molecule has 0 spiro atoms. The van der Waals surface area contributed by atoms with Crippen molar-refractivity contribution < 1.29 is 24.2 Å². The van der Waals surface area contributed by atoms with Crippen molar-refractivity contribution in [1.82, 2.24) is 4.90 Å². The first-order valence-corrected chi connectivity index (χ1v) is 5.93. The highest BCUT2D eigenvalue weighted by molar-refractivity contribution is 6.05. The Morgan fingerprint density at radius 3 is 2.56 bits per heavy atom. The molecule has 0 aliphatic carbocycles. The van der Waals surface area contributed by atoms with Gasteiger partial charge in [0.2, 0.25) is 11.8 Å². The molecule has 1 heterocycles. The number of likely N-dealkylation sites (tertiary alicyclic amines) is 1. The smallest absolute Gasteiger partial charge is 0.329 e. The number of hydrogen-bond donors (Lipinski definition) is 1. The van der Waals surface area contributed by atoms with Crippen molar-refractivity contribution in [3.05, 3.63) is 0 Å². The molecule has 2 amide bonds. The number of hydrogen-bond acceptors (Lipinski definition) is 4. The van der Waals surface area contributed by atoms with Crippen LogP contribution in [0.4, 0.5) is 0 Å². The quantitative estimate of drug-likeness (QED) is 0.553. The molecule has 6 nitrogen and oxygen atoms in total. The summed E-state index contributed by atoms with van der Waals surface area (Å²) in [5.41, 5.74) is -0.649. The van der Waals surface area contributed by atoms with E-state index in [0.717, 1.165) is 0 Å². The Balaban J connectivity index is 2.55. The molecular formula is C12H19NO5. The Labute approximate surface area is 106 Å². The van der Waals surface area contributed by atoms with Crippen molar-refractivity contribution in [3.8, 4) is 0 Å². The largest absolute Gasteiger partial charge is 0.480 e. The number of amides is 2. The Morgan fingerprint density at radius 2 is 2.11 bits per heavy atom. The second kappa shape index (κ2) is 5.48. The van der Waals surface area contributed by atoms with Crippen molar-refractivity contribution in [1.29, 1.82) is 0 Å². The third-order valence-corrected chi connectivity index (χ3v) is 3.51. The van der Waals surface area contributed by atoms with E-state index in [4.69, 9.17) is 9.84 Å². The van der Waals surface area contributed by atoms with Gasteiger partial charge in [-0.3, -0.25) is 14.5 Å². The van der Waals surface area contributed by atoms with Crippen LogP contribution >= 0.6 is 0 Å². The van der Waals surface area contributed by atoms with Gasteiger partial charge in [0, 0.05) is 6.42 Å². The number of aliphatic carboxylic acids is 1. The summed E-state index contributed by atoms with van der Waals surface area (Å²) >= 11 is 0. The topological polar surface area (TPSA) is 83.9 Å². The molecular weight excluding hydrogens is 238 g/mol. The summed E-state index contributed by atoms with van der Waals surface area (Å²) in [6.45, 7) is 5.37. The van der Waals surface area contributed by atoms with Gasteiger partial charge in [-0.2, -0.15) is 0 Å². The van der Waals surface area contributed by atoms with E-state index in [2.05, 4.69) is 0 Å². The normalized spacial score (nSPS) is 24.1. The summed E-state index contributed by atoms with van der Waals surface area (Å²) in [6, 6.07) is 0. The highest BCUT2D eigenvalue weighted by Gasteiger charge is 2.49. The van der Waals surface area contributed by atoms with Gasteiger partial charge in [0.1, 0.15) is 6.61 Å². The lowest BCUT2D eigenvalue weighted by Crippen LogP contribution is -2.38. The zero-order valence-electron chi connectivity index (χ0n) is 10.9. The predicted molar refractivity (Wildman–Crippen MR) is 62.7 cm³/mol. The van der Waals surface area contributed by atoms with Crippen LogP contribution in [0.3, 0.4) is 0 Å². The van der Waals surface area contributed by atoms with E-state index >= 15 is 0 Å². The standard InChI is InChI=1S/C12H19NO5/c1-8(2)12(3)6-9(14)13(11(12)17)4-5-18-7-10(15)16/h8H,4-7H2,1-3H3,(H,15,16). The number of nitrogens with zero attached hydrogens (tertiary/aromatic N) is 1. The lowest BCUT2D eigenvalue weighted by atomic mass is 9.78. The summed E-state index contributed by atoms with van der Waals surface area (Å²) in [7, 11) is 0. The van der Waals surface area contributed by atoms with E-state index in [1.54, 1.807) is 6.92 Å². The molecule has 1 rings (SSSR count). The maximum Gasteiger partial charge on any atom is 0.329 e. The molecule has 6 heteroatoms. The van der Waals surface area contributed by atoms with Crippen LogP contribution in [-0.2, 0) is 19.1 Å². The molecule has 1 saturated heterocycles. The average Bonchev–Trinajstić information content (AvgIpc) is 2.47. The van der Waals surface area contributed by atoms with Crippen LogP contribution in [0.1, 0.15) is 27.2 Å². The minimum atomic E-state index is -1.07. The molecule has 1 unspecified atom stereocenters. The fourth-order valence-corrected chi connectivity index (χ4v) is 1.90. The van der Waals surface area contributed by atoms with Gasteiger partial charge in [0.05, 0.1) is 18.6 Å². The van der Waals surface area contributed by atoms with Crippen LogP contribution in [-0.4, -0.2) is 47.5 Å². The molecule has 0 aromatic rings. The monoisotopic (exact) mass is 257 g/mol. The molecule has 1 N–H and O–H groups in total. The molecule has 102 valence electrons. The van der Waals surface area contributed by atoms with Gasteiger partial charge in [-0.15, -0.1) is 0 Å². The zero-order valence-corrected chi connectivity index (χ0v) is 10.9. The summed E-state index contributed by atoms with van der Waals surface area (Å²) < 4.78 is 4.84. The molecule has 0 bridgehead atoms. The average molecular weight is 257 g/mol. The number of imide groups is 1. The summed E-state index contributed by atoms with van der Waals surface area (Å²) in [4.78, 5) is 35.3. The predicted octanol–water partition coefficient (Wildman–Crippen LogP) is 0.509. The fraction of sp³-hybridized carbons (Fsp3) is 0.750. The lowest BCUT2D eigenvalue weighted by molar-refractivity contribution is -0.144. The van der Waals surface area contributed by atoms with Gasteiger partial charge >= 0.3 is 5.97 Å². The second-order valence-electron chi connectivity index (χ2n) is 5.05. The number of rotatable bonds is 6. The third-order valence-electron chi connectivity index (χ3n) is 3.51. The van der Waals surface area contributed by atoms with Gasteiger partial charge in [-0.25, -0.2) is 4.79 Å². The van der Waals surface area contributed by atoms with Crippen molar-refractivity contribution in [2.24, 2.45) is 11.3 Å². The van der Waals surface area contributed by atoms with Crippen LogP contribution in [0.15, 0.2) is 0 Å². The number of carbonyl (C=O) groups excluding carboxylic acids is 2. The minimum absolute atomic E-state index is 0.0535. The SMILES string of the molecule is CC(C)C1(C)CC(=O)N(CCOCC(=O)O)C1=O. The summed E-state index contributed by atoms with van der Waals surface area (Å²) in [6.07, 6.45) is 0.211. The van der Waals surface area contributed by atoms with Crippen LogP contribution in [0.25, 0.3) is 0 Å². The molecule has 0 aromatic carbocycles. The fourth-order valence-electron chi connectivity index (χ4n) is 1.90. The highest BCUT2D eigenvalue weighted by atomic mass is 16.5. The highest BCUT2D eigenvalue weighted by Crippen LogP contribution is 2.38. The Bertz CT molecular complexity index is 365. The van der Waals surface area contributed by atoms with Gasteiger partial charge in [-0.1, -0.05) is 13.8 Å². The number of carboxylic acid groups (broad SMARTS) is 1. The Kier molecular flexibility index (Phi) is 4.45. The maximum absolute atomic E-state index is 12.1. The maximum atomic E-state index is 12.1. The lowest BCUT2D eigenvalue weighted by Gasteiger charge is -2.25. The van der Waals surface area contributed by atoms with Crippen molar-refractivity contribution >= 4 is 17.8 Å². The molecule has 0 saturated carbocycles. The third kappa shape index (κ3) is 2.87. The minimum Gasteiger partial charge on any atom is -0.480 e. The van der Waals surface area contributed by atoms with Crippen molar-refractivity contribution in [3.63, 3.8) is 0 Å². The number of carbonyl (C=O) groups is 3. The molecule has 1 aliphatic heterocycles. The van der Waals surface area contributed by atoms with Crippen LogP contribution in [0.5, 0.6) is 0 Å². The summed E-state index contributed by atoms with van der Waals surface area (Å²) in [5, 5.41) is 8.39. The van der Waals surface area contributed by atoms with Gasteiger partial charge in [0.25, 0.3) is 0 Å². The zero-order chi connectivity index (χ0) is 13.9. The molecule has 1 atom stereocenters. The van der Waals surface area contributed by atoms with Crippen LogP contribution in [0, 0.1) is 11.3 Å². The van der Waals surface area contributed by atoms with Gasteiger partial charge in [-0.05, 0) is 12.8 Å². The van der Waals surface area contributed by atoms with Gasteiger partial charge in [0.15, 0.2) is 0 Å². The molecule has 18 heavy (non-hydrogen) atoms. The Morgan fingerprint density at radius 1 is 1.50 bits per heavy atom. The molecule has 0 aromatic heterocycles.